The van der Waals surface area contributed by atoms with Crippen LogP contribution in [0.5, 0.6) is 0 Å². The normalized spacial score (nSPS) is 20.9. The van der Waals surface area contributed by atoms with Crippen molar-refractivity contribution in [3.63, 3.8) is 0 Å². The summed E-state index contributed by atoms with van der Waals surface area (Å²) in [4.78, 5) is 28.4. The van der Waals surface area contributed by atoms with Crippen LogP contribution in [0, 0.1) is 23.4 Å². The maximum atomic E-state index is 13.5. The van der Waals surface area contributed by atoms with Crippen molar-refractivity contribution in [3.8, 4) is 0 Å². The minimum Gasteiger partial charge on any atom is -0.384 e. The smallest absolute Gasteiger partial charge is 0.322 e. The van der Waals surface area contributed by atoms with Gasteiger partial charge in [0.25, 0.3) is 0 Å². The Morgan fingerprint density at radius 2 is 2.00 bits per heavy atom. The van der Waals surface area contributed by atoms with E-state index in [9.17, 15) is 22.8 Å². The van der Waals surface area contributed by atoms with Gasteiger partial charge in [-0.1, -0.05) is 0 Å². The topological polar surface area (TPSA) is 79.7 Å². The zero-order valence-corrected chi connectivity index (χ0v) is 17.1. The molecule has 1 saturated heterocycles. The highest BCUT2D eigenvalue weighted by Crippen LogP contribution is 2.32. The van der Waals surface area contributed by atoms with E-state index >= 15 is 0 Å². The molecule has 0 bridgehead atoms. The molecule has 0 saturated carbocycles. The summed E-state index contributed by atoms with van der Waals surface area (Å²) < 4.78 is 47.0. The maximum absolute atomic E-state index is 13.5. The number of carbonyl (C=O) groups is 2. The Morgan fingerprint density at radius 1 is 1.29 bits per heavy atom. The van der Waals surface area contributed by atoms with Crippen LogP contribution in [0.15, 0.2) is 18.3 Å². The molecular formula is C20H24F3N5O3. The van der Waals surface area contributed by atoms with E-state index in [0.717, 1.165) is 12.1 Å². The quantitative estimate of drug-likeness (QED) is 0.743. The standard InChI is InChI=1S/C20H22F3N5O3.H2/c1-11-7-28-17(16(6-24-28)27-8-12(10-31-2)3-18(27)29)9-26(11)20(30)25-13-4-14(21)19(23)15(22)5-13;/h4-6,11-12H,3,7-10H2,1-2H3,(H,25,30);1H/t11-,12?;/m0./s1. The molecule has 2 aliphatic rings. The number of nitrogens with zero attached hydrogens (tertiary/aromatic N) is 4. The van der Waals surface area contributed by atoms with Crippen molar-refractivity contribution >= 4 is 23.3 Å². The second-order valence-electron chi connectivity index (χ2n) is 7.85. The van der Waals surface area contributed by atoms with Crippen LogP contribution in [0.4, 0.5) is 29.3 Å². The molecule has 3 amide bonds. The van der Waals surface area contributed by atoms with E-state index in [1.165, 1.54) is 4.90 Å². The largest absolute Gasteiger partial charge is 0.384 e. The van der Waals surface area contributed by atoms with Gasteiger partial charge in [-0.05, 0) is 6.92 Å². The van der Waals surface area contributed by atoms with Gasteiger partial charge in [-0.25, -0.2) is 18.0 Å². The summed E-state index contributed by atoms with van der Waals surface area (Å²) in [5, 5.41) is 6.77. The Balaban J connectivity index is 0.00000289. The molecule has 3 heterocycles. The Bertz CT molecular complexity index is 1010. The molecule has 1 fully saturated rings. The summed E-state index contributed by atoms with van der Waals surface area (Å²) in [5.74, 6) is -4.33. The van der Waals surface area contributed by atoms with Gasteiger partial charge in [-0.15, -0.1) is 0 Å². The highest BCUT2D eigenvalue weighted by atomic mass is 19.2. The van der Waals surface area contributed by atoms with E-state index in [1.807, 2.05) is 6.92 Å². The van der Waals surface area contributed by atoms with E-state index in [2.05, 4.69) is 10.4 Å². The number of fused-ring (bicyclic) bond motifs is 1. The summed E-state index contributed by atoms with van der Waals surface area (Å²) in [7, 11) is 1.59. The number of methoxy groups -OCH3 is 1. The Morgan fingerprint density at radius 3 is 2.68 bits per heavy atom. The van der Waals surface area contributed by atoms with E-state index in [0.29, 0.717) is 37.5 Å². The zero-order chi connectivity index (χ0) is 22.3. The Kier molecular flexibility index (Phi) is 5.61. The first-order valence-electron chi connectivity index (χ1n) is 9.84. The minimum atomic E-state index is -1.60. The number of amides is 3. The number of hydrogen-bond donors (Lipinski definition) is 1. The second-order valence-corrected chi connectivity index (χ2v) is 7.85. The third-order valence-electron chi connectivity index (χ3n) is 5.61. The van der Waals surface area contributed by atoms with Gasteiger partial charge in [0.05, 0.1) is 43.3 Å². The predicted octanol–water partition coefficient (Wildman–Crippen LogP) is 2.98. The first kappa shape index (κ1) is 21.2. The first-order valence-corrected chi connectivity index (χ1v) is 9.84. The lowest BCUT2D eigenvalue weighted by atomic mass is 10.1. The maximum Gasteiger partial charge on any atom is 0.322 e. The fourth-order valence-electron chi connectivity index (χ4n) is 4.07. The molecule has 4 rings (SSSR count). The van der Waals surface area contributed by atoms with Crippen LogP contribution in [0.25, 0.3) is 0 Å². The van der Waals surface area contributed by atoms with E-state index in [-0.39, 0.29) is 31.5 Å². The Labute approximate surface area is 178 Å². The third-order valence-corrected chi connectivity index (χ3v) is 5.61. The molecule has 1 aromatic carbocycles. The van der Waals surface area contributed by atoms with Gasteiger partial charge in [-0.3, -0.25) is 9.48 Å². The lowest BCUT2D eigenvalue weighted by molar-refractivity contribution is -0.117. The van der Waals surface area contributed by atoms with Crippen LogP contribution in [-0.4, -0.2) is 52.9 Å². The molecule has 11 heteroatoms. The number of carbonyl (C=O) groups excluding carboxylic acids is 2. The van der Waals surface area contributed by atoms with Crippen LogP contribution in [0.1, 0.15) is 20.5 Å². The number of ether oxygens (including phenoxy) is 1. The summed E-state index contributed by atoms with van der Waals surface area (Å²) >= 11 is 0. The van der Waals surface area contributed by atoms with Gasteiger partial charge in [0.15, 0.2) is 17.5 Å². The molecular weight excluding hydrogens is 415 g/mol. The van der Waals surface area contributed by atoms with Crippen molar-refractivity contribution in [2.75, 3.05) is 30.5 Å². The number of rotatable bonds is 4. The van der Waals surface area contributed by atoms with Crippen LogP contribution in [0.3, 0.4) is 0 Å². The SMILES string of the molecule is COCC1CC(=O)N(c2cnn3c2CN(C(=O)Nc2cc(F)c(F)c(F)c2)[C@@H](C)C3)C1.[HH]. The number of benzene rings is 1. The molecule has 1 aromatic heterocycles. The number of aromatic nitrogens is 2. The lowest BCUT2D eigenvalue weighted by Gasteiger charge is -2.35. The molecule has 168 valence electrons. The second kappa shape index (κ2) is 8.22. The molecule has 0 radical (unpaired) electrons. The molecule has 2 aromatic rings. The summed E-state index contributed by atoms with van der Waals surface area (Å²) in [6, 6.07) is 0.575. The van der Waals surface area contributed by atoms with Crippen molar-refractivity contribution in [2.24, 2.45) is 5.92 Å². The van der Waals surface area contributed by atoms with Crippen molar-refractivity contribution in [1.29, 1.82) is 0 Å². The number of hydrogen-bond acceptors (Lipinski definition) is 4. The van der Waals surface area contributed by atoms with Gasteiger partial charge in [0.1, 0.15) is 0 Å². The monoisotopic (exact) mass is 439 g/mol. The third kappa shape index (κ3) is 3.97. The zero-order valence-electron chi connectivity index (χ0n) is 17.1. The fourth-order valence-corrected chi connectivity index (χ4v) is 4.07. The van der Waals surface area contributed by atoms with Crippen molar-refractivity contribution < 1.29 is 28.9 Å². The van der Waals surface area contributed by atoms with Crippen LogP contribution in [0.2, 0.25) is 0 Å². The number of anilines is 2. The molecule has 2 atom stereocenters. The lowest BCUT2D eigenvalue weighted by Crippen LogP contribution is -2.47. The molecule has 31 heavy (non-hydrogen) atoms. The van der Waals surface area contributed by atoms with E-state index in [4.69, 9.17) is 4.74 Å². The fraction of sp³-hybridized carbons (Fsp3) is 0.450. The summed E-state index contributed by atoms with van der Waals surface area (Å²) in [6.07, 6.45) is 1.99. The minimum absolute atomic E-state index is 0. The molecule has 8 nitrogen and oxygen atoms in total. The first-order chi connectivity index (χ1) is 14.8. The van der Waals surface area contributed by atoms with E-state index < -0.39 is 23.5 Å². The average Bonchev–Trinajstić information content (AvgIpc) is 3.27. The van der Waals surface area contributed by atoms with Crippen LogP contribution < -0.4 is 10.2 Å². The average molecular weight is 439 g/mol. The van der Waals surface area contributed by atoms with E-state index in [1.54, 1.807) is 22.9 Å². The van der Waals surface area contributed by atoms with Gasteiger partial charge in [0, 0.05) is 45.2 Å². The number of halogens is 3. The summed E-state index contributed by atoms with van der Waals surface area (Å²) in [5.41, 5.74) is 1.13. The van der Waals surface area contributed by atoms with Gasteiger partial charge >= 0.3 is 6.03 Å². The number of nitrogens with one attached hydrogen (secondary N) is 1. The van der Waals surface area contributed by atoms with Crippen molar-refractivity contribution in [3.05, 3.63) is 41.5 Å². The van der Waals surface area contributed by atoms with Crippen LogP contribution >= 0.6 is 0 Å². The molecule has 2 aliphatic heterocycles. The van der Waals surface area contributed by atoms with Gasteiger partial charge < -0.3 is 19.9 Å². The molecule has 1 unspecified atom stereocenters. The number of urea groups is 1. The van der Waals surface area contributed by atoms with Crippen molar-refractivity contribution in [1.82, 2.24) is 14.7 Å². The van der Waals surface area contributed by atoms with Gasteiger partial charge in [0.2, 0.25) is 5.91 Å². The Hall–Kier alpha value is -3.08. The molecule has 1 N–H and O–H groups in total. The van der Waals surface area contributed by atoms with Gasteiger partial charge in [-0.2, -0.15) is 5.10 Å². The van der Waals surface area contributed by atoms with Crippen LogP contribution in [-0.2, 0) is 22.6 Å². The highest BCUT2D eigenvalue weighted by molar-refractivity contribution is 5.96. The summed E-state index contributed by atoms with van der Waals surface area (Å²) in [6.45, 7) is 3.32. The predicted molar refractivity (Wildman–Crippen MR) is 107 cm³/mol. The molecule has 0 aliphatic carbocycles. The highest BCUT2D eigenvalue weighted by Gasteiger charge is 2.36. The van der Waals surface area contributed by atoms with Crippen molar-refractivity contribution in [2.45, 2.75) is 32.5 Å². The molecule has 0 spiro atoms.